The highest BCUT2D eigenvalue weighted by molar-refractivity contribution is 7.10. The predicted octanol–water partition coefficient (Wildman–Crippen LogP) is 2.83. The number of benzene rings is 1. The van der Waals surface area contributed by atoms with Gasteiger partial charge >= 0.3 is 0 Å². The van der Waals surface area contributed by atoms with E-state index in [0.717, 1.165) is 16.3 Å². The average Bonchev–Trinajstić information content (AvgIpc) is 2.68. The smallest absolute Gasteiger partial charge is 0.110 e. The summed E-state index contributed by atoms with van der Waals surface area (Å²) in [5.41, 5.74) is 7.92. The molecule has 0 saturated carbocycles. The summed E-state index contributed by atoms with van der Waals surface area (Å²) in [6.45, 7) is 1.95. The molecule has 2 aromatic rings. The van der Waals surface area contributed by atoms with E-state index in [4.69, 9.17) is 5.73 Å². The molecule has 0 amide bonds. The Kier molecular flexibility index (Phi) is 2.61. The summed E-state index contributed by atoms with van der Waals surface area (Å²) in [6.07, 6.45) is 0. The maximum absolute atomic E-state index is 5.75. The molecule has 0 fully saturated rings. The van der Waals surface area contributed by atoms with E-state index >= 15 is 0 Å². The topological polar surface area (TPSA) is 38.9 Å². The van der Waals surface area contributed by atoms with Crippen molar-refractivity contribution in [3.05, 3.63) is 40.7 Å². The molecule has 0 aliphatic rings. The van der Waals surface area contributed by atoms with Crippen LogP contribution in [0.1, 0.15) is 18.0 Å². The normalized spacial score (nSPS) is 12.7. The molecule has 1 aromatic heterocycles. The van der Waals surface area contributed by atoms with Crippen molar-refractivity contribution in [1.82, 2.24) is 4.98 Å². The minimum Gasteiger partial charge on any atom is -0.322 e. The summed E-state index contributed by atoms with van der Waals surface area (Å²) < 4.78 is 0. The minimum absolute atomic E-state index is 0.0254. The van der Waals surface area contributed by atoms with Crippen LogP contribution in [0.15, 0.2) is 35.7 Å². The molecule has 3 heteroatoms. The van der Waals surface area contributed by atoms with Crippen molar-refractivity contribution >= 4 is 11.3 Å². The van der Waals surface area contributed by atoms with Gasteiger partial charge in [-0.05, 0) is 6.92 Å². The number of aromatic nitrogens is 1. The van der Waals surface area contributed by atoms with Crippen molar-refractivity contribution in [2.45, 2.75) is 13.0 Å². The highest BCUT2D eigenvalue weighted by Gasteiger charge is 2.06. The average molecular weight is 204 g/mol. The van der Waals surface area contributed by atoms with Crippen LogP contribution < -0.4 is 5.73 Å². The van der Waals surface area contributed by atoms with Gasteiger partial charge in [0.15, 0.2) is 0 Å². The molecule has 2 rings (SSSR count). The SMILES string of the molecule is C[C@H](N)c1nc(-c2ccccc2)cs1. The van der Waals surface area contributed by atoms with Gasteiger partial charge in [0.2, 0.25) is 0 Å². The molecule has 2 nitrogen and oxygen atoms in total. The minimum atomic E-state index is 0.0254. The Morgan fingerprint density at radius 1 is 1.29 bits per heavy atom. The first-order valence-corrected chi connectivity index (χ1v) is 5.42. The third-order valence-corrected chi connectivity index (χ3v) is 3.03. The zero-order valence-electron chi connectivity index (χ0n) is 7.97. The van der Waals surface area contributed by atoms with Crippen LogP contribution in [-0.2, 0) is 0 Å². The number of rotatable bonds is 2. The summed E-state index contributed by atoms with van der Waals surface area (Å²) in [4.78, 5) is 4.47. The van der Waals surface area contributed by atoms with E-state index in [1.165, 1.54) is 0 Å². The number of hydrogen-bond donors (Lipinski definition) is 1. The molecular formula is C11H12N2S. The van der Waals surface area contributed by atoms with Gasteiger partial charge in [-0.25, -0.2) is 4.98 Å². The van der Waals surface area contributed by atoms with Crippen LogP contribution in [0.3, 0.4) is 0 Å². The maximum atomic E-state index is 5.75. The van der Waals surface area contributed by atoms with E-state index in [0.29, 0.717) is 0 Å². The first-order chi connectivity index (χ1) is 6.77. The molecular weight excluding hydrogens is 192 g/mol. The highest BCUT2D eigenvalue weighted by Crippen LogP contribution is 2.23. The van der Waals surface area contributed by atoms with Crippen molar-refractivity contribution in [2.75, 3.05) is 0 Å². The van der Waals surface area contributed by atoms with Crippen molar-refractivity contribution < 1.29 is 0 Å². The molecule has 1 heterocycles. The zero-order valence-corrected chi connectivity index (χ0v) is 8.79. The van der Waals surface area contributed by atoms with Crippen LogP contribution in [0.25, 0.3) is 11.3 Å². The summed E-state index contributed by atoms with van der Waals surface area (Å²) in [5.74, 6) is 0. The second-order valence-electron chi connectivity index (χ2n) is 3.23. The van der Waals surface area contributed by atoms with E-state index in [2.05, 4.69) is 17.1 Å². The van der Waals surface area contributed by atoms with Gasteiger partial charge in [-0.2, -0.15) is 0 Å². The van der Waals surface area contributed by atoms with E-state index < -0.39 is 0 Å². The maximum Gasteiger partial charge on any atom is 0.110 e. The van der Waals surface area contributed by atoms with E-state index in [1.54, 1.807) is 11.3 Å². The van der Waals surface area contributed by atoms with Gasteiger partial charge in [0.25, 0.3) is 0 Å². The van der Waals surface area contributed by atoms with Crippen molar-refractivity contribution in [2.24, 2.45) is 5.73 Å². The van der Waals surface area contributed by atoms with E-state index in [1.807, 2.05) is 30.5 Å². The highest BCUT2D eigenvalue weighted by atomic mass is 32.1. The molecule has 0 aliphatic heterocycles. The van der Waals surface area contributed by atoms with Gasteiger partial charge in [-0.3, -0.25) is 0 Å². The standard InChI is InChI=1S/C11H12N2S/c1-8(12)11-13-10(7-14-11)9-5-3-2-4-6-9/h2-8H,12H2,1H3/t8-/m0/s1. The van der Waals surface area contributed by atoms with Crippen LogP contribution >= 0.6 is 11.3 Å². The first kappa shape index (κ1) is 9.37. The van der Waals surface area contributed by atoms with Crippen LogP contribution in [0.4, 0.5) is 0 Å². The van der Waals surface area contributed by atoms with Gasteiger partial charge < -0.3 is 5.73 Å². The Morgan fingerprint density at radius 3 is 2.57 bits per heavy atom. The molecule has 0 saturated heterocycles. The van der Waals surface area contributed by atoms with E-state index in [-0.39, 0.29) is 6.04 Å². The lowest BCUT2D eigenvalue weighted by atomic mass is 10.2. The molecule has 0 unspecified atom stereocenters. The molecule has 0 spiro atoms. The van der Waals surface area contributed by atoms with Gasteiger partial charge in [0.05, 0.1) is 11.7 Å². The Morgan fingerprint density at radius 2 is 2.00 bits per heavy atom. The largest absolute Gasteiger partial charge is 0.322 e. The summed E-state index contributed by atoms with van der Waals surface area (Å²) in [5, 5.41) is 3.04. The van der Waals surface area contributed by atoms with Crippen molar-refractivity contribution in [3.63, 3.8) is 0 Å². The van der Waals surface area contributed by atoms with Crippen molar-refractivity contribution in [3.8, 4) is 11.3 Å². The number of hydrogen-bond acceptors (Lipinski definition) is 3. The Labute approximate surface area is 87.4 Å². The summed E-state index contributed by atoms with van der Waals surface area (Å²) in [7, 11) is 0. The number of nitrogens with zero attached hydrogens (tertiary/aromatic N) is 1. The number of nitrogens with two attached hydrogens (primary N) is 1. The molecule has 72 valence electrons. The van der Waals surface area contributed by atoms with E-state index in [9.17, 15) is 0 Å². The lowest BCUT2D eigenvalue weighted by Gasteiger charge is -1.97. The lowest BCUT2D eigenvalue weighted by molar-refractivity contribution is 0.808. The Bertz CT molecular complexity index is 406. The monoisotopic (exact) mass is 204 g/mol. The fourth-order valence-electron chi connectivity index (χ4n) is 1.24. The molecule has 2 N–H and O–H groups in total. The van der Waals surface area contributed by atoms with Gasteiger partial charge in [0.1, 0.15) is 5.01 Å². The lowest BCUT2D eigenvalue weighted by Crippen LogP contribution is -2.03. The Hall–Kier alpha value is -1.19. The molecule has 0 radical (unpaired) electrons. The van der Waals surface area contributed by atoms with Crippen LogP contribution in [-0.4, -0.2) is 4.98 Å². The molecule has 1 aromatic carbocycles. The quantitative estimate of drug-likeness (QED) is 0.817. The van der Waals surface area contributed by atoms with Crippen molar-refractivity contribution in [1.29, 1.82) is 0 Å². The number of thiazole rings is 1. The predicted molar refractivity (Wildman–Crippen MR) is 60.2 cm³/mol. The zero-order chi connectivity index (χ0) is 9.97. The van der Waals surface area contributed by atoms with Gasteiger partial charge in [0, 0.05) is 10.9 Å². The molecule has 0 bridgehead atoms. The van der Waals surface area contributed by atoms with Crippen LogP contribution in [0, 0.1) is 0 Å². The summed E-state index contributed by atoms with van der Waals surface area (Å²) in [6, 6.07) is 10.2. The summed E-state index contributed by atoms with van der Waals surface area (Å²) >= 11 is 1.62. The van der Waals surface area contributed by atoms with Gasteiger partial charge in [-0.15, -0.1) is 11.3 Å². The third kappa shape index (κ3) is 1.84. The molecule has 1 atom stereocenters. The third-order valence-electron chi connectivity index (χ3n) is 1.98. The second kappa shape index (κ2) is 3.90. The van der Waals surface area contributed by atoms with Gasteiger partial charge in [-0.1, -0.05) is 30.3 Å². The van der Waals surface area contributed by atoms with Crippen LogP contribution in [0.2, 0.25) is 0 Å². The van der Waals surface area contributed by atoms with Crippen LogP contribution in [0.5, 0.6) is 0 Å². The second-order valence-corrected chi connectivity index (χ2v) is 4.12. The fourth-order valence-corrected chi connectivity index (χ4v) is 2.03. The molecule has 14 heavy (non-hydrogen) atoms. The molecule has 0 aliphatic carbocycles. The fraction of sp³-hybridized carbons (Fsp3) is 0.182. The Balaban J connectivity index is 2.34. The first-order valence-electron chi connectivity index (χ1n) is 4.54.